The van der Waals surface area contributed by atoms with Crippen molar-refractivity contribution in [2.75, 3.05) is 6.61 Å². The summed E-state index contributed by atoms with van der Waals surface area (Å²) in [5, 5.41) is 11.8. The van der Waals surface area contributed by atoms with Crippen LogP contribution in [0.5, 0.6) is 5.75 Å². The van der Waals surface area contributed by atoms with E-state index in [0.29, 0.717) is 28.9 Å². The first kappa shape index (κ1) is 24.1. The van der Waals surface area contributed by atoms with Gasteiger partial charge in [0.1, 0.15) is 16.9 Å². The molecule has 5 aromatic rings. The van der Waals surface area contributed by atoms with Gasteiger partial charge in [-0.3, -0.25) is 0 Å². The van der Waals surface area contributed by atoms with Crippen molar-refractivity contribution in [3.05, 3.63) is 112 Å². The summed E-state index contributed by atoms with van der Waals surface area (Å²) < 4.78 is 13.1. The fourth-order valence-corrected chi connectivity index (χ4v) is 4.76. The number of hydrogen-bond donors (Lipinski definition) is 1. The second-order valence-electron chi connectivity index (χ2n) is 8.95. The Morgan fingerprint density at radius 3 is 2.30 bits per heavy atom. The minimum Gasteiger partial charge on any atom is -0.506 e. The number of carbonyl (C=O) groups is 1. The van der Waals surface area contributed by atoms with Crippen molar-refractivity contribution in [2.24, 2.45) is 0 Å². The molecule has 186 valence electrons. The van der Waals surface area contributed by atoms with Gasteiger partial charge in [0.25, 0.3) is 0 Å². The van der Waals surface area contributed by atoms with Gasteiger partial charge < -0.3 is 18.8 Å². The molecule has 0 saturated carbocycles. The van der Waals surface area contributed by atoms with Crippen LogP contribution in [0.4, 0.5) is 0 Å². The summed E-state index contributed by atoms with van der Waals surface area (Å²) in [5.74, 6) is -0.802. The Balaban J connectivity index is 1.90. The first-order chi connectivity index (χ1) is 17.9. The zero-order valence-electron chi connectivity index (χ0n) is 20.9. The monoisotopic (exact) mass is 493 g/mol. The SMILES string of the molecule is CCOC(=O)c1c(-c2c(O)c3ccccc3oc2=O)c(-c2ccccc2)n(Cc2ccc(C)cc2)c1C. The van der Waals surface area contributed by atoms with E-state index in [0.717, 1.165) is 16.7 Å². The van der Waals surface area contributed by atoms with E-state index >= 15 is 0 Å². The molecule has 0 aliphatic rings. The van der Waals surface area contributed by atoms with Gasteiger partial charge in [0, 0.05) is 17.8 Å². The number of benzene rings is 3. The number of rotatable bonds is 6. The van der Waals surface area contributed by atoms with Gasteiger partial charge in [-0.05, 0) is 44.0 Å². The molecule has 6 heteroatoms. The molecule has 0 amide bonds. The van der Waals surface area contributed by atoms with E-state index in [4.69, 9.17) is 9.15 Å². The largest absolute Gasteiger partial charge is 0.506 e. The lowest BCUT2D eigenvalue weighted by Crippen LogP contribution is -2.10. The van der Waals surface area contributed by atoms with Crippen LogP contribution < -0.4 is 5.63 Å². The third-order valence-corrected chi connectivity index (χ3v) is 6.55. The normalized spacial score (nSPS) is 11.1. The molecule has 0 spiro atoms. The van der Waals surface area contributed by atoms with Crippen molar-refractivity contribution >= 4 is 16.9 Å². The van der Waals surface area contributed by atoms with Gasteiger partial charge in [0.05, 0.1) is 23.3 Å². The number of carbonyl (C=O) groups excluding carboxylic acids is 1. The van der Waals surface area contributed by atoms with Crippen LogP contribution in [-0.2, 0) is 11.3 Å². The van der Waals surface area contributed by atoms with Crippen molar-refractivity contribution in [2.45, 2.75) is 27.3 Å². The summed E-state index contributed by atoms with van der Waals surface area (Å²) in [6, 6.07) is 24.4. The van der Waals surface area contributed by atoms with E-state index < -0.39 is 11.6 Å². The molecule has 1 N–H and O–H groups in total. The topological polar surface area (TPSA) is 81.7 Å². The molecule has 5 rings (SSSR count). The molecular weight excluding hydrogens is 466 g/mol. The van der Waals surface area contributed by atoms with Crippen molar-refractivity contribution < 1.29 is 19.1 Å². The second-order valence-corrected chi connectivity index (χ2v) is 8.95. The molecule has 0 aliphatic heterocycles. The van der Waals surface area contributed by atoms with E-state index in [1.807, 2.05) is 73.0 Å². The quantitative estimate of drug-likeness (QED) is 0.216. The van der Waals surface area contributed by atoms with E-state index in [1.165, 1.54) is 0 Å². The number of esters is 1. The van der Waals surface area contributed by atoms with Crippen LogP contribution in [0.3, 0.4) is 0 Å². The van der Waals surface area contributed by atoms with E-state index in [9.17, 15) is 14.7 Å². The van der Waals surface area contributed by atoms with Crippen molar-refractivity contribution in [1.82, 2.24) is 4.57 Å². The minimum absolute atomic E-state index is 0.0636. The van der Waals surface area contributed by atoms with Crippen molar-refractivity contribution in [3.63, 3.8) is 0 Å². The highest BCUT2D eigenvalue weighted by atomic mass is 16.5. The zero-order chi connectivity index (χ0) is 26.1. The van der Waals surface area contributed by atoms with Crippen molar-refractivity contribution in [3.8, 4) is 28.1 Å². The van der Waals surface area contributed by atoms with Crippen LogP contribution >= 0.6 is 0 Å². The summed E-state index contributed by atoms with van der Waals surface area (Å²) >= 11 is 0. The first-order valence-electron chi connectivity index (χ1n) is 12.2. The fraction of sp³-hybridized carbons (Fsp3) is 0.161. The van der Waals surface area contributed by atoms with Crippen LogP contribution in [0.2, 0.25) is 0 Å². The summed E-state index contributed by atoms with van der Waals surface area (Å²) in [7, 11) is 0. The van der Waals surface area contributed by atoms with Crippen LogP contribution in [0.25, 0.3) is 33.4 Å². The van der Waals surface area contributed by atoms with Crippen LogP contribution in [0, 0.1) is 13.8 Å². The number of ether oxygens (including phenoxy) is 1. The van der Waals surface area contributed by atoms with Gasteiger partial charge in [0.15, 0.2) is 0 Å². The lowest BCUT2D eigenvalue weighted by Gasteiger charge is -2.14. The molecule has 0 atom stereocenters. The highest BCUT2D eigenvalue weighted by Gasteiger charge is 2.32. The van der Waals surface area contributed by atoms with E-state index in [-0.39, 0.29) is 29.1 Å². The third-order valence-electron chi connectivity index (χ3n) is 6.55. The number of fused-ring (bicyclic) bond motifs is 1. The highest BCUT2D eigenvalue weighted by Crippen LogP contribution is 2.43. The zero-order valence-corrected chi connectivity index (χ0v) is 20.9. The molecule has 0 unspecified atom stereocenters. The Kier molecular flexibility index (Phi) is 6.40. The third kappa shape index (κ3) is 4.31. The van der Waals surface area contributed by atoms with E-state index in [2.05, 4.69) is 0 Å². The summed E-state index contributed by atoms with van der Waals surface area (Å²) in [6.45, 7) is 6.20. The number of aryl methyl sites for hydroxylation is 1. The minimum atomic E-state index is -0.730. The van der Waals surface area contributed by atoms with Gasteiger partial charge in [-0.2, -0.15) is 0 Å². The molecule has 2 heterocycles. The average Bonchev–Trinajstić information content (AvgIpc) is 3.17. The lowest BCUT2D eigenvalue weighted by atomic mass is 9.96. The number of para-hydroxylation sites is 1. The summed E-state index contributed by atoms with van der Waals surface area (Å²) in [6.07, 6.45) is 0. The Labute approximate surface area is 214 Å². The van der Waals surface area contributed by atoms with Gasteiger partial charge >= 0.3 is 11.6 Å². The maximum absolute atomic E-state index is 13.4. The molecule has 0 saturated heterocycles. The van der Waals surface area contributed by atoms with Gasteiger partial charge in [-0.25, -0.2) is 9.59 Å². The number of aromatic nitrogens is 1. The molecule has 6 nitrogen and oxygen atoms in total. The van der Waals surface area contributed by atoms with Gasteiger partial charge in [0.2, 0.25) is 0 Å². The summed E-state index contributed by atoms with van der Waals surface area (Å²) in [5.41, 5.74) is 4.20. The number of aromatic hydroxyl groups is 1. The van der Waals surface area contributed by atoms with Crippen molar-refractivity contribution in [1.29, 1.82) is 0 Å². The molecule has 37 heavy (non-hydrogen) atoms. The highest BCUT2D eigenvalue weighted by molar-refractivity contribution is 6.06. The molecular formula is C31H27NO5. The van der Waals surface area contributed by atoms with Gasteiger partial charge in [-0.15, -0.1) is 0 Å². The molecule has 0 radical (unpaired) electrons. The fourth-order valence-electron chi connectivity index (χ4n) is 4.76. The number of hydrogen-bond acceptors (Lipinski definition) is 5. The maximum atomic E-state index is 13.4. The predicted octanol–water partition coefficient (Wildman–Crippen LogP) is 6.48. The molecule has 3 aromatic carbocycles. The lowest BCUT2D eigenvalue weighted by molar-refractivity contribution is 0.0526. The molecule has 0 fully saturated rings. The Morgan fingerprint density at radius 2 is 1.59 bits per heavy atom. The number of nitrogens with zero attached hydrogens (tertiary/aromatic N) is 1. The second kappa shape index (κ2) is 9.82. The first-order valence-corrected chi connectivity index (χ1v) is 12.2. The van der Waals surface area contributed by atoms with Crippen LogP contribution in [-0.4, -0.2) is 22.2 Å². The predicted molar refractivity (Wildman–Crippen MR) is 144 cm³/mol. The molecule has 2 aromatic heterocycles. The summed E-state index contributed by atoms with van der Waals surface area (Å²) in [4.78, 5) is 26.8. The van der Waals surface area contributed by atoms with Gasteiger partial charge in [-0.1, -0.05) is 72.3 Å². The van der Waals surface area contributed by atoms with Crippen LogP contribution in [0.1, 0.15) is 34.1 Å². The Bertz CT molecular complexity index is 1660. The standard InChI is InChI=1S/C31H27NO5/c1-4-36-30(34)25-20(3)32(18-21-16-14-19(2)15-17-21)28(22-10-6-5-7-11-22)26(25)27-29(33)23-12-8-9-13-24(23)37-31(27)35/h5-17,33H,4,18H2,1-3H3. The maximum Gasteiger partial charge on any atom is 0.348 e. The van der Waals surface area contributed by atoms with E-state index in [1.54, 1.807) is 31.2 Å². The Hall–Kier alpha value is -4.58. The molecule has 0 aliphatic carbocycles. The smallest absolute Gasteiger partial charge is 0.348 e. The Morgan fingerprint density at radius 1 is 0.919 bits per heavy atom. The average molecular weight is 494 g/mol. The molecule has 0 bridgehead atoms. The van der Waals surface area contributed by atoms with Crippen LogP contribution in [0.15, 0.2) is 88.1 Å².